The lowest BCUT2D eigenvalue weighted by Gasteiger charge is -2.21. The summed E-state index contributed by atoms with van der Waals surface area (Å²) in [6, 6.07) is 6.79. The zero-order valence-electron chi connectivity index (χ0n) is 9.80. The summed E-state index contributed by atoms with van der Waals surface area (Å²) in [6.45, 7) is 2.22. The molecule has 3 N–H and O–H groups in total. The van der Waals surface area contributed by atoms with Crippen LogP contribution < -0.4 is 5.32 Å². The third kappa shape index (κ3) is 6.46. The molecule has 0 radical (unpaired) electrons. The lowest BCUT2D eigenvalue weighted by Crippen LogP contribution is -2.29. The lowest BCUT2D eigenvalue weighted by atomic mass is 10.2. The molecule has 0 aromatic heterocycles. The second kappa shape index (κ2) is 7.94. The number of hydrogen-bond acceptors (Lipinski definition) is 3. The van der Waals surface area contributed by atoms with E-state index in [-0.39, 0.29) is 5.82 Å². The average Bonchev–Trinajstić information content (AvgIpc) is 2.33. The van der Waals surface area contributed by atoms with Crippen molar-refractivity contribution in [1.82, 2.24) is 5.32 Å². The van der Waals surface area contributed by atoms with Gasteiger partial charge in [-0.25, -0.2) is 9.18 Å². The van der Waals surface area contributed by atoms with Crippen LogP contribution in [-0.2, 0) is 0 Å². The summed E-state index contributed by atoms with van der Waals surface area (Å²) < 4.78 is 12.6. The first kappa shape index (κ1) is 14.8. The number of halogens is 1. The fourth-order valence-corrected chi connectivity index (χ4v) is 2.77. The first-order valence-corrected chi connectivity index (χ1v) is 6.50. The number of rotatable bonds is 2. The van der Waals surface area contributed by atoms with Gasteiger partial charge in [0.1, 0.15) is 5.82 Å². The van der Waals surface area contributed by atoms with Gasteiger partial charge in [0.2, 0.25) is 0 Å². The van der Waals surface area contributed by atoms with E-state index in [0.29, 0.717) is 5.25 Å². The number of carbonyl (C=O) groups is 1. The molecule has 0 spiro atoms. The number of benzene rings is 1. The van der Waals surface area contributed by atoms with E-state index in [9.17, 15) is 4.39 Å². The van der Waals surface area contributed by atoms with E-state index in [2.05, 4.69) is 5.32 Å². The lowest BCUT2D eigenvalue weighted by molar-refractivity contribution is 0.137. The highest BCUT2D eigenvalue weighted by molar-refractivity contribution is 8.00. The largest absolute Gasteiger partial charge is 0.503 e. The predicted molar refractivity (Wildman–Crippen MR) is 68.8 cm³/mol. The van der Waals surface area contributed by atoms with Crippen LogP contribution >= 0.6 is 11.8 Å². The highest BCUT2D eigenvalue weighted by Gasteiger charge is 2.13. The molecule has 0 saturated carbocycles. The molecule has 0 atom stereocenters. The minimum atomic E-state index is -1.83. The van der Waals surface area contributed by atoms with Gasteiger partial charge in [-0.3, -0.25) is 0 Å². The second-order valence-electron chi connectivity index (χ2n) is 3.80. The number of thioether (sulfide) groups is 1. The maximum Gasteiger partial charge on any atom is 0.503 e. The quantitative estimate of drug-likeness (QED) is 0.773. The van der Waals surface area contributed by atoms with Crippen LogP contribution in [0.15, 0.2) is 29.2 Å². The van der Waals surface area contributed by atoms with E-state index in [1.165, 1.54) is 29.9 Å². The fourth-order valence-electron chi connectivity index (χ4n) is 1.62. The SMILES string of the molecule is Fc1ccc(SC2CCNCC2)cc1.O=C(O)O. The van der Waals surface area contributed by atoms with Crippen LogP contribution in [0.1, 0.15) is 12.8 Å². The van der Waals surface area contributed by atoms with Gasteiger partial charge >= 0.3 is 6.16 Å². The summed E-state index contributed by atoms with van der Waals surface area (Å²) in [5.74, 6) is -0.153. The van der Waals surface area contributed by atoms with Crippen LogP contribution in [0.4, 0.5) is 9.18 Å². The summed E-state index contributed by atoms with van der Waals surface area (Å²) in [5.41, 5.74) is 0. The standard InChI is InChI=1S/C11H14FNS.CH2O3/c12-9-1-3-10(4-2-9)14-11-5-7-13-8-6-11;2-1(3)4/h1-4,11,13H,5-8H2;(H2,2,3,4). The highest BCUT2D eigenvalue weighted by atomic mass is 32.2. The summed E-state index contributed by atoms with van der Waals surface area (Å²) >= 11 is 1.87. The number of carboxylic acid groups (broad SMARTS) is 2. The van der Waals surface area contributed by atoms with E-state index < -0.39 is 6.16 Å². The number of hydrogen-bond donors (Lipinski definition) is 3. The molecular formula is C12H16FNO3S. The highest BCUT2D eigenvalue weighted by Crippen LogP contribution is 2.28. The molecule has 1 saturated heterocycles. The van der Waals surface area contributed by atoms with E-state index >= 15 is 0 Å². The van der Waals surface area contributed by atoms with Crippen LogP contribution in [0.25, 0.3) is 0 Å². The van der Waals surface area contributed by atoms with Gasteiger partial charge in [0.15, 0.2) is 0 Å². The Morgan fingerprint density at radius 1 is 1.22 bits per heavy atom. The van der Waals surface area contributed by atoms with Crippen LogP contribution in [0.3, 0.4) is 0 Å². The van der Waals surface area contributed by atoms with Crippen LogP contribution in [0, 0.1) is 5.82 Å². The smallest absolute Gasteiger partial charge is 0.450 e. The molecule has 1 aromatic carbocycles. The molecular weight excluding hydrogens is 257 g/mol. The van der Waals surface area contributed by atoms with Gasteiger partial charge < -0.3 is 15.5 Å². The van der Waals surface area contributed by atoms with Gasteiger partial charge in [-0.05, 0) is 50.2 Å². The van der Waals surface area contributed by atoms with Crippen molar-refractivity contribution in [2.45, 2.75) is 23.0 Å². The molecule has 0 amide bonds. The van der Waals surface area contributed by atoms with E-state index in [1.54, 1.807) is 0 Å². The molecule has 100 valence electrons. The van der Waals surface area contributed by atoms with Crippen molar-refractivity contribution < 1.29 is 19.4 Å². The molecule has 1 aromatic rings. The molecule has 2 rings (SSSR count). The predicted octanol–water partition coefficient (Wildman–Crippen LogP) is 2.89. The van der Waals surface area contributed by atoms with Crippen molar-refractivity contribution in [1.29, 1.82) is 0 Å². The summed E-state index contributed by atoms with van der Waals surface area (Å²) in [6.07, 6.45) is 0.587. The number of nitrogens with one attached hydrogen (secondary N) is 1. The molecule has 4 nitrogen and oxygen atoms in total. The number of piperidine rings is 1. The summed E-state index contributed by atoms with van der Waals surface area (Å²) in [5, 5.41) is 18.0. The van der Waals surface area contributed by atoms with Gasteiger partial charge in [-0.1, -0.05) is 0 Å². The first-order chi connectivity index (χ1) is 8.58. The molecule has 6 heteroatoms. The van der Waals surface area contributed by atoms with Crippen molar-refractivity contribution in [3.63, 3.8) is 0 Å². The topological polar surface area (TPSA) is 69.6 Å². The molecule has 0 bridgehead atoms. The molecule has 1 fully saturated rings. The Bertz CT molecular complexity index is 362. The van der Waals surface area contributed by atoms with E-state index in [4.69, 9.17) is 15.0 Å². The monoisotopic (exact) mass is 273 g/mol. The first-order valence-electron chi connectivity index (χ1n) is 5.63. The molecule has 0 unspecified atom stereocenters. The zero-order chi connectivity index (χ0) is 13.4. The van der Waals surface area contributed by atoms with E-state index in [0.717, 1.165) is 13.1 Å². The molecule has 0 aliphatic carbocycles. The Morgan fingerprint density at radius 3 is 2.22 bits per heavy atom. The molecule has 18 heavy (non-hydrogen) atoms. The van der Waals surface area contributed by atoms with Crippen molar-refractivity contribution in [3.8, 4) is 0 Å². The van der Waals surface area contributed by atoms with Crippen molar-refractivity contribution in [3.05, 3.63) is 30.1 Å². The van der Waals surface area contributed by atoms with Gasteiger partial charge in [0, 0.05) is 10.1 Å². The normalized spacial score (nSPS) is 15.6. The molecule has 1 heterocycles. The van der Waals surface area contributed by atoms with Crippen LogP contribution in [0.5, 0.6) is 0 Å². The van der Waals surface area contributed by atoms with E-state index in [1.807, 2.05) is 23.9 Å². The van der Waals surface area contributed by atoms with Gasteiger partial charge in [0.05, 0.1) is 0 Å². The molecule has 1 aliphatic heterocycles. The average molecular weight is 273 g/mol. The Balaban J connectivity index is 0.000000357. The summed E-state index contributed by atoms with van der Waals surface area (Å²) in [7, 11) is 0. The van der Waals surface area contributed by atoms with Gasteiger partial charge in [-0.2, -0.15) is 0 Å². The Kier molecular flexibility index (Phi) is 6.53. The maximum atomic E-state index is 12.6. The minimum absolute atomic E-state index is 0.153. The third-order valence-corrected chi connectivity index (χ3v) is 3.75. The van der Waals surface area contributed by atoms with Gasteiger partial charge in [-0.15, -0.1) is 11.8 Å². The fraction of sp³-hybridized carbons (Fsp3) is 0.417. The summed E-state index contributed by atoms with van der Waals surface area (Å²) in [4.78, 5) is 9.73. The Morgan fingerprint density at radius 2 is 1.72 bits per heavy atom. The third-order valence-electron chi connectivity index (χ3n) is 2.40. The minimum Gasteiger partial charge on any atom is -0.450 e. The Hall–Kier alpha value is -1.27. The van der Waals surface area contributed by atoms with Gasteiger partial charge in [0.25, 0.3) is 0 Å². The van der Waals surface area contributed by atoms with Crippen LogP contribution in [0.2, 0.25) is 0 Å². The Labute approximate surface area is 109 Å². The van der Waals surface area contributed by atoms with Crippen molar-refractivity contribution in [2.75, 3.05) is 13.1 Å². The zero-order valence-corrected chi connectivity index (χ0v) is 10.6. The second-order valence-corrected chi connectivity index (χ2v) is 5.18. The van der Waals surface area contributed by atoms with Crippen molar-refractivity contribution in [2.24, 2.45) is 0 Å². The van der Waals surface area contributed by atoms with Crippen LogP contribution in [-0.4, -0.2) is 34.7 Å². The molecule has 1 aliphatic rings. The van der Waals surface area contributed by atoms with Crippen molar-refractivity contribution >= 4 is 17.9 Å². The maximum absolute atomic E-state index is 12.6.